The maximum absolute atomic E-state index is 11.4. The second-order valence-corrected chi connectivity index (χ2v) is 4.11. The van der Waals surface area contributed by atoms with Crippen LogP contribution in [0.5, 0.6) is 0 Å². The summed E-state index contributed by atoms with van der Waals surface area (Å²) in [6.45, 7) is 1.81. The Bertz CT molecular complexity index is 492. The normalized spacial score (nSPS) is 12.7. The monoisotopic (exact) mass is 221 g/mol. The van der Waals surface area contributed by atoms with Crippen molar-refractivity contribution in [1.29, 1.82) is 0 Å². The number of nitrogens with zero attached hydrogens (tertiary/aromatic N) is 1. The fourth-order valence-corrected chi connectivity index (χ4v) is 2.37. The quantitative estimate of drug-likeness (QED) is 0.732. The van der Waals surface area contributed by atoms with E-state index in [0.717, 1.165) is 15.8 Å². The van der Waals surface area contributed by atoms with E-state index in [1.165, 1.54) is 18.6 Å². The highest BCUT2D eigenvalue weighted by Gasteiger charge is 2.20. The Labute approximate surface area is 91.8 Å². The van der Waals surface area contributed by atoms with Gasteiger partial charge in [-0.05, 0) is 24.5 Å². The molecule has 0 saturated carbocycles. The minimum absolute atomic E-state index is 0.244. The van der Waals surface area contributed by atoms with E-state index >= 15 is 0 Å². The van der Waals surface area contributed by atoms with E-state index in [1.807, 2.05) is 31.2 Å². The van der Waals surface area contributed by atoms with Crippen molar-refractivity contribution in [3.8, 4) is 0 Å². The Balaban J connectivity index is 2.48. The third-order valence-corrected chi connectivity index (χ3v) is 3.21. The van der Waals surface area contributed by atoms with Crippen LogP contribution < -0.4 is 0 Å². The topological polar surface area (TPSA) is 39.2 Å². The molecule has 1 heterocycles. The van der Waals surface area contributed by atoms with Crippen molar-refractivity contribution in [2.45, 2.75) is 12.8 Å². The van der Waals surface area contributed by atoms with Gasteiger partial charge in [0.2, 0.25) is 0 Å². The lowest BCUT2D eigenvalue weighted by Crippen LogP contribution is -2.11. The Morgan fingerprint density at radius 3 is 2.93 bits per heavy atom. The van der Waals surface area contributed by atoms with Gasteiger partial charge in [-0.3, -0.25) is 4.79 Å². The largest absolute Gasteiger partial charge is 0.469 e. The van der Waals surface area contributed by atoms with Crippen molar-refractivity contribution < 1.29 is 9.53 Å². The molecule has 0 aliphatic rings. The average Bonchev–Trinajstić information content (AvgIpc) is 2.70. The first kappa shape index (κ1) is 10.1. The average molecular weight is 221 g/mol. The minimum Gasteiger partial charge on any atom is -0.469 e. The zero-order valence-corrected chi connectivity index (χ0v) is 9.38. The number of aromatic nitrogens is 1. The van der Waals surface area contributed by atoms with Gasteiger partial charge in [-0.2, -0.15) is 4.37 Å². The maximum Gasteiger partial charge on any atom is 0.314 e. The molecule has 78 valence electrons. The number of carbonyl (C=O) groups is 1. The number of rotatable bonds is 2. The molecular formula is C11H11NO2S. The molecule has 0 aliphatic carbocycles. The lowest BCUT2D eigenvalue weighted by Gasteiger charge is -2.05. The molecule has 15 heavy (non-hydrogen) atoms. The fraction of sp³-hybridized carbons (Fsp3) is 0.273. The molecule has 1 aromatic heterocycles. The summed E-state index contributed by atoms with van der Waals surface area (Å²) in [5.41, 5.74) is 0.808. The molecule has 0 amide bonds. The molecule has 1 unspecified atom stereocenters. The van der Waals surface area contributed by atoms with Gasteiger partial charge in [-0.1, -0.05) is 18.2 Å². The Hall–Kier alpha value is -1.42. The molecule has 0 N–H and O–H groups in total. The molecule has 1 aromatic carbocycles. The van der Waals surface area contributed by atoms with Gasteiger partial charge in [0.25, 0.3) is 0 Å². The van der Waals surface area contributed by atoms with Crippen LogP contribution in [0.1, 0.15) is 18.5 Å². The Morgan fingerprint density at radius 1 is 1.47 bits per heavy atom. The molecule has 0 saturated heterocycles. The first-order valence-corrected chi connectivity index (χ1v) is 5.43. The summed E-state index contributed by atoms with van der Waals surface area (Å²) in [5, 5.41) is 1.04. The predicted molar refractivity (Wildman–Crippen MR) is 60.1 cm³/mol. The second-order valence-electron chi connectivity index (χ2n) is 3.31. The van der Waals surface area contributed by atoms with Crippen molar-refractivity contribution in [2.24, 2.45) is 0 Å². The molecule has 2 aromatic rings. The summed E-state index contributed by atoms with van der Waals surface area (Å²) in [4.78, 5) is 11.4. The van der Waals surface area contributed by atoms with Crippen molar-refractivity contribution in [3.05, 3.63) is 30.0 Å². The second kappa shape index (κ2) is 3.98. The van der Waals surface area contributed by atoms with Gasteiger partial charge in [-0.25, -0.2) is 0 Å². The van der Waals surface area contributed by atoms with Crippen LogP contribution in [-0.2, 0) is 9.53 Å². The highest BCUT2D eigenvalue weighted by atomic mass is 32.1. The van der Waals surface area contributed by atoms with Gasteiger partial charge >= 0.3 is 5.97 Å². The predicted octanol–water partition coefficient (Wildman–Crippen LogP) is 2.57. The van der Waals surface area contributed by atoms with Crippen LogP contribution in [0.25, 0.3) is 10.1 Å². The van der Waals surface area contributed by atoms with E-state index < -0.39 is 0 Å². The molecular weight excluding hydrogens is 210 g/mol. The highest BCUT2D eigenvalue weighted by molar-refractivity contribution is 7.13. The summed E-state index contributed by atoms with van der Waals surface area (Å²) >= 11 is 1.41. The number of carbonyl (C=O) groups excluding carboxylic acids is 1. The third-order valence-electron chi connectivity index (χ3n) is 2.37. The molecule has 0 spiro atoms. The lowest BCUT2D eigenvalue weighted by atomic mass is 10.0. The zero-order chi connectivity index (χ0) is 10.8. The maximum atomic E-state index is 11.4. The molecule has 0 bridgehead atoms. The van der Waals surface area contributed by atoms with E-state index in [0.29, 0.717) is 0 Å². The summed E-state index contributed by atoms with van der Waals surface area (Å²) in [6.07, 6.45) is 0. The summed E-state index contributed by atoms with van der Waals surface area (Å²) in [5.74, 6) is -0.544. The van der Waals surface area contributed by atoms with E-state index in [1.54, 1.807) is 0 Å². The van der Waals surface area contributed by atoms with Crippen LogP contribution in [0, 0.1) is 0 Å². The van der Waals surface area contributed by atoms with Crippen LogP contribution >= 0.6 is 11.5 Å². The van der Waals surface area contributed by atoms with Crippen LogP contribution in [0.2, 0.25) is 0 Å². The SMILES string of the molecule is COC(=O)C(C)c1nsc2ccccc12. The number of methoxy groups -OCH3 is 1. The van der Waals surface area contributed by atoms with Crippen LogP contribution in [0.4, 0.5) is 0 Å². The van der Waals surface area contributed by atoms with E-state index in [4.69, 9.17) is 4.74 Å². The number of ether oxygens (including phenoxy) is 1. The van der Waals surface area contributed by atoms with E-state index in [-0.39, 0.29) is 11.9 Å². The lowest BCUT2D eigenvalue weighted by molar-refractivity contribution is -0.142. The number of fused-ring (bicyclic) bond motifs is 1. The van der Waals surface area contributed by atoms with Gasteiger partial charge < -0.3 is 4.74 Å². The molecule has 0 aliphatic heterocycles. The minimum atomic E-state index is -0.300. The standard InChI is InChI=1S/C11H11NO2S/c1-7(11(13)14-2)10-8-5-3-4-6-9(8)15-12-10/h3-7H,1-2H3. The summed E-state index contributed by atoms with van der Waals surface area (Å²) < 4.78 is 10.1. The number of hydrogen-bond donors (Lipinski definition) is 0. The highest BCUT2D eigenvalue weighted by Crippen LogP contribution is 2.28. The van der Waals surface area contributed by atoms with Gasteiger partial charge in [0, 0.05) is 5.39 Å². The first-order chi connectivity index (χ1) is 7.24. The van der Waals surface area contributed by atoms with E-state index in [2.05, 4.69) is 4.37 Å². The van der Waals surface area contributed by atoms with E-state index in [9.17, 15) is 4.79 Å². The van der Waals surface area contributed by atoms with Crippen LogP contribution in [-0.4, -0.2) is 17.5 Å². The summed E-state index contributed by atoms with van der Waals surface area (Å²) in [7, 11) is 1.40. The molecule has 3 nitrogen and oxygen atoms in total. The van der Waals surface area contributed by atoms with Crippen molar-refractivity contribution in [2.75, 3.05) is 7.11 Å². The van der Waals surface area contributed by atoms with Crippen molar-refractivity contribution >= 4 is 27.6 Å². The molecule has 2 rings (SSSR count). The zero-order valence-electron chi connectivity index (χ0n) is 8.56. The molecule has 1 atom stereocenters. The fourth-order valence-electron chi connectivity index (χ4n) is 1.51. The van der Waals surface area contributed by atoms with Crippen LogP contribution in [0.3, 0.4) is 0 Å². The number of hydrogen-bond acceptors (Lipinski definition) is 4. The molecule has 0 radical (unpaired) electrons. The van der Waals surface area contributed by atoms with Gasteiger partial charge in [0.05, 0.1) is 23.4 Å². The van der Waals surface area contributed by atoms with Crippen molar-refractivity contribution in [3.63, 3.8) is 0 Å². The first-order valence-electron chi connectivity index (χ1n) is 4.66. The molecule has 0 fully saturated rings. The molecule has 4 heteroatoms. The van der Waals surface area contributed by atoms with Gasteiger partial charge in [0.15, 0.2) is 0 Å². The Morgan fingerprint density at radius 2 is 2.20 bits per heavy atom. The van der Waals surface area contributed by atoms with Crippen LogP contribution in [0.15, 0.2) is 24.3 Å². The third kappa shape index (κ3) is 1.72. The summed E-state index contributed by atoms with van der Waals surface area (Å²) in [6, 6.07) is 7.89. The Kier molecular flexibility index (Phi) is 2.68. The van der Waals surface area contributed by atoms with Crippen molar-refractivity contribution in [1.82, 2.24) is 4.37 Å². The van der Waals surface area contributed by atoms with Gasteiger partial charge in [-0.15, -0.1) is 0 Å². The number of esters is 1. The number of benzene rings is 1. The smallest absolute Gasteiger partial charge is 0.314 e. The van der Waals surface area contributed by atoms with Gasteiger partial charge in [0.1, 0.15) is 0 Å².